The summed E-state index contributed by atoms with van der Waals surface area (Å²) in [6.45, 7) is 4.75. The van der Waals surface area contributed by atoms with Crippen molar-refractivity contribution in [1.29, 1.82) is 5.41 Å². The van der Waals surface area contributed by atoms with Crippen LogP contribution in [-0.2, 0) is 0 Å². The van der Waals surface area contributed by atoms with Gasteiger partial charge in [-0.1, -0.05) is 13.8 Å². The van der Waals surface area contributed by atoms with Crippen LogP contribution < -0.4 is 27.4 Å². The third-order valence-corrected chi connectivity index (χ3v) is 5.32. The molecule has 0 saturated carbocycles. The Hall–Kier alpha value is -3.43. The van der Waals surface area contributed by atoms with Gasteiger partial charge in [0.1, 0.15) is 17.9 Å². The van der Waals surface area contributed by atoms with Gasteiger partial charge in [0, 0.05) is 42.3 Å². The molecule has 9 N–H and O–H groups in total. The molecule has 2 aromatic rings. The Balaban J connectivity index is 1.75. The molecule has 0 spiro atoms. The van der Waals surface area contributed by atoms with Gasteiger partial charge < -0.3 is 32.6 Å². The Kier molecular flexibility index (Phi) is 7.80. The highest BCUT2D eigenvalue weighted by Gasteiger charge is 2.20. The zero-order valence-corrected chi connectivity index (χ0v) is 18.5. The first-order valence-corrected chi connectivity index (χ1v) is 10.7. The molecule has 9 heteroatoms. The number of nitrogens with zero attached hydrogens (tertiary/aromatic N) is 2. The third-order valence-electron chi connectivity index (χ3n) is 5.32. The fourth-order valence-electron chi connectivity index (χ4n) is 3.48. The predicted molar refractivity (Wildman–Crippen MR) is 129 cm³/mol. The fraction of sp³-hybridized carbons (Fsp3) is 0.348. The second-order valence-corrected chi connectivity index (χ2v) is 8.11. The number of fused-ring (bicyclic) bond motifs is 1. The third kappa shape index (κ3) is 6.05. The summed E-state index contributed by atoms with van der Waals surface area (Å²) in [6.07, 6.45) is 9.38. The molecule has 0 aliphatic carbocycles. The van der Waals surface area contributed by atoms with Crippen molar-refractivity contribution in [2.24, 2.45) is 17.4 Å². The standard InChI is InChI=1S/C23H32N8O/c1-14(2)15(9-24)8-21(26)31-22-5-4-19-20(30-22)7-16(12-28-19)17(10-25)11-27-13-18-3-6-23(32)29-18/h4-5,7-12,14,18,23,25,27,29,32H,3,6,13,24,26H2,1-2H3,(H,30,31)/b15-9+,17-11+,21-8+,25-10?/t18-,23?/m1/s1. The van der Waals surface area contributed by atoms with E-state index in [4.69, 9.17) is 16.9 Å². The lowest BCUT2D eigenvalue weighted by molar-refractivity contribution is 0.154. The minimum Gasteiger partial charge on any atom is -0.404 e. The number of allylic oxidation sites excluding steroid dienone is 3. The molecule has 0 aromatic carbocycles. The van der Waals surface area contributed by atoms with Gasteiger partial charge in [0.2, 0.25) is 0 Å². The summed E-state index contributed by atoms with van der Waals surface area (Å²) in [6, 6.07) is 5.78. The summed E-state index contributed by atoms with van der Waals surface area (Å²) in [7, 11) is 0. The van der Waals surface area contributed by atoms with Gasteiger partial charge in [-0.25, -0.2) is 4.98 Å². The van der Waals surface area contributed by atoms with Gasteiger partial charge in [-0.3, -0.25) is 10.3 Å². The van der Waals surface area contributed by atoms with Crippen LogP contribution in [0.25, 0.3) is 16.6 Å². The number of pyridine rings is 2. The van der Waals surface area contributed by atoms with E-state index in [0.29, 0.717) is 29.3 Å². The van der Waals surface area contributed by atoms with Crippen molar-refractivity contribution in [3.05, 3.63) is 59.8 Å². The van der Waals surface area contributed by atoms with Crippen LogP contribution in [0.1, 0.15) is 32.3 Å². The lowest BCUT2D eigenvalue weighted by Gasteiger charge is -2.12. The molecular formula is C23H32N8O. The number of aromatic nitrogens is 2. The van der Waals surface area contributed by atoms with Gasteiger partial charge in [0.05, 0.1) is 11.0 Å². The highest BCUT2D eigenvalue weighted by molar-refractivity contribution is 6.08. The maximum atomic E-state index is 9.56. The zero-order valence-electron chi connectivity index (χ0n) is 18.5. The number of rotatable bonds is 9. The summed E-state index contributed by atoms with van der Waals surface area (Å²) in [4.78, 5) is 9.09. The lowest BCUT2D eigenvalue weighted by atomic mass is 10.0. The Morgan fingerprint density at radius 3 is 2.81 bits per heavy atom. The molecule has 0 radical (unpaired) electrons. The summed E-state index contributed by atoms with van der Waals surface area (Å²) < 4.78 is 0. The number of nitrogens with two attached hydrogens (primary N) is 2. The summed E-state index contributed by atoms with van der Waals surface area (Å²) in [5.41, 5.74) is 15.6. The van der Waals surface area contributed by atoms with Crippen LogP contribution in [0.5, 0.6) is 0 Å². The molecule has 1 aliphatic heterocycles. The van der Waals surface area contributed by atoms with Crippen LogP contribution in [0.4, 0.5) is 5.82 Å². The van der Waals surface area contributed by atoms with Crippen molar-refractivity contribution in [3.8, 4) is 0 Å². The highest BCUT2D eigenvalue weighted by Crippen LogP contribution is 2.19. The maximum Gasteiger partial charge on any atom is 0.132 e. The van der Waals surface area contributed by atoms with Gasteiger partial charge in [0.25, 0.3) is 0 Å². The number of hydrogen-bond donors (Lipinski definition) is 7. The molecular weight excluding hydrogens is 404 g/mol. The average Bonchev–Trinajstić information content (AvgIpc) is 3.19. The summed E-state index contributed by atoms with van der Waals surface area (Å²) in [5.74, 6) is 1.29. The number of anilines is 1. The van der Waals surface area contributed by atoms with Crippen LogP contribution in [0, 0.1) is 11.3 Å². The van der Waals surface area contributed by atoms with Crippen LogP contribution in [0.2, 0.25) is 0 Å². The van der Waals surface area contributed by atoms with E-state index in [1.54, 1.807) is 24.7 Å². The van der Waals surface area contributed by atoms with E-state index in [9.17, 15) is 5.11 Å². The molecule has 3 heterocycles. The fourth-order valence-corrected chi connectivity index (χ4v) is 3.48. The van der Waals surface area contributed by atoms with Crippen LogP contribution in [0.15, 0.2) is 54.3 Å². The van der Waals surface area contributed by atoms with Gasteiger partial charge in [0.15, 0.2) is 0 Å². The largest absolute Gasteiger partial charge is 0.404 e. The monoisotopic (exact) mass is 436 g/mol. The second kappa shape index (κ2) is 10.7. The number of nitrogens with one attached hydrogen (secondary N) is 4. The molecule has 2 atom stereocenters. The minimum absolute atomic E-state index is 0.210. The van der Waals surface area contributed by atoms with E-state index >= 15 is 0 Å². The first-order valence-electron chi connectivity index (χ1n) is 10.7. The smallest absolute Gasteiger partial charge is 0.132 e. The van der Waals surface area contributed by atoms with Crippen molar-refractivity contribution >= 4 is 28.6 Å². The molecule has 32 heavy (non-hydrogen) atoms. The van der Waals surface area contributed by atoms with Crippen LogP contribution in [0.3, 0.4) is 0 Å². The highest BCUT2D eigenvalue weighted by atomic mass is 16.3. The Morgan fingerprint density at radius 2 is 2.16 bits per heavy atom. The summed E-state index contributed by atoms with van der Waals surface area (Å²) >= 11 is 0. The molecule has 0 amide bonds. The van der Waals surface area contributed by atoms with E-state index in [2.05, 4.69) is 25.9 Å². The van der Waals surface area contributed by atoms with Crippen LogP contribution in [-0.4, -0.2) is 40.1 Å². The number of aliphatic hydroxyl groups excluding tert-OH is 1. The van der Waals surface area contributed by atoms with Gasteiger partial charge in [-0.05, 0) is 54.8 Å². The first-order chi connectivity index (χ1) is 15.4. The van der Waals surface area contributed by atoms with E-state index in [0.717, 1.165) is 29.5 Å². The lowest BCUT2D eigenvalue weighted by Crippen LogP contribution is -2.35. The summed E-state index contributed by atoms with van der Waals surface area (Å²) in [5, 5.41) is 26.8. The Bertz CT molecular complexity index is 1040. The van der Waals surface area contributed by atoms with E-state index < -0.39 is 6.23 Å². The molecule has 2 aromatic heterocycles. The SMILES string of the molecule is CC(C)C(=C/N)/C=C(\N)Nc1ccc2ncc(/C(C=N)=C/NC[C@H]3CCC(O)N3)cc2n1. The second-order valence-electron chi connectivity index (χ2n) is 8.11. The Morgan fingerprint density at radius 1 is 1.34 bits per heavy atom. The normalized spacial score (nSPS) is 20.1. The molecule has 0 bridgehead atoms. The molecule has 1 aliphatic rings. The van der Waals surface area contributed by atoms with Crippen LogP contribution >= 0.6 is 0 Å². The van der Waals surface area contributed by atoms with Gasteiger partial charge in [-0.15, -0.1) is 0 Å². The number of hydrogen-bond acceptors (Lipinski definition) is 9. The van der Waals surface area contributed by atoms with Gasteiger partial charge >= 0.3 is 0 Å². The predicted octanol–water partition coefficient (Wildman–Crippen LogP) is 1.99. The van der Waals surface area contributed by atoms with E-state index in [1.807, 2.05) is 32.0 Å². The van der Waals surface area contributed by atoms with Crippen molar-refractivity contribution in [2.45, 2.75) is 39.0 Å². The van der Waals surface area contributed by atoms with Crippen molar-refractivity contribution < 1.29 is 5.11 Å². The molecule has 3 rings (SSSR count). The van der Waals surface area contributed by atoms with Crippen molar-refractivity contribution in [2.75, 3.05) is 11.9 Å². The quantitative estimate of drug-likeness (QED) is 0.232. The van der Waals surface area contributed by atoms with Gasteiger partial charge in [-0.2, -0.15) is 0 Å². The first kappa shape index (κ1) is 23.2. The minimum atomic E-state index is -0.432. The molecule has 1 unspecified atom stereocenters. The molecule has 1 saturated heterocycles. The Labute approximate surface area is 188 Å². The van der Waals surface area contributed by atoms with Crippen molar-refractivity contribution in [3.63, 3.8) is 0 Å². The van der Waals surface area contributed by atoms with E-state index in [-0.39, 0.29) is 12.0 Å². The topological polar surface area (TPSA) is 158 Å². The zero-order chi connectivity index (χ0) is 23.1. The molecule has 1 fully saturated rings. The number of aliphatic hydroxyl groups is 1. The molecule has 9 nitrogen and oxygen atoms in total. The maximum absolute atomic E-state index is 9.56. The average molecular weight is 437 g/mol. The van der Waals surface area contributed by atoms with E-state index in [1.165, 1.54) is 6.21 Å². The molecule has 170 valence electrons. The van der Waals surface area contributed by atoms with Crippen molar-refractivity contribution in [1.82, 2.24) is 20.6 Å².